The molecule has 0 radical (unpaired) electrons. The zero-order chi connectivity index (χ0) is 15.8. The Morgan fingerprint density at radius 3 is 2.00 bits per heavy atom. The van der Waals surface area contributed by atoms with Gasteiger partial charge in [0.15, 0.2) is 0 Å². The second-order valence-corrected chi connectivity index (χ2v) is 7.08. The third kappa shape index (κ3) is 1.32. The Morgan fingerprint density at radius 1 is 0.652 bits per heavy atom. The lowest BCUT2D eigenvalue weighted by atomic mass is 9.38. The first-order valence-corrected chi connectivity index (χ1v) is 8.24. The summed E-state index contributed by atoms with van der Waals surface area (Å²) in [7, 11) is 0. The molecule has 1 nitrogen and oxygen atoms in total. The first-order chi connectivity index (χ1) is 11.1. The Balaban J connectivity index is 1.87. The van der Waals surface area contributed by atoms with Crippen molar-refractivity contribution in [3.8, 4) is 0 Å². The molecule has 3 aromatic carbocycles. The fraction of sp³-hybridized carbons (Fsp3) is 0.100. The van der Waals surface area contributed by atoms with Crippen molar-refractivity contribution in [3.63, 3.8) is 0 Å². The van der Waals surface area contributed by atoms with Gasteiger partial charge in [0.05, 0.1) is 5.41 Å². The molecule has 0 amide bonds. The van der Waals surface area contributed by atoms with Crippen molar-refractivity contribution < 1.29 is 5.11 Å². The molecule has 2 unspecified atom stereocenters. The van der Waals surface area contributed by atoms with Crippen LogP contribution in [0.4, 0.5) is 0 Å². The zero-order valence-corrected chi connectivity index (χ0v) is 13.6. The summed E-state index contributed by atoms with van der Waals surface area (Å²) in [6, 6.07) is 21.6. The van der Waals surface area contributed by atoms with E-state index in [1.165, 1.54) is 0 Å². The van der Waals surface area contributed by atoms with E-state index in [4.69, 9.17) is 23.2 Å². The first-order valence-electron chi connectivity index (χ1n) is 7.49. The van der Waals surface area contributed by atoms with Gasteiger partial charge < -0.3 is 5.11 Å². The van der Waals surface area contributed by atoms with Crippen LogP contribution in [0.5, 0.6) is 0 Å². The molecule has 0 spiro atoms. The lowest BCUT2D eigenvalue weighted by Crippen LogP contribution is -2.68. The number of hydrogen-bond acceptors (Lipinski definition) is 1. The van der Waals surface area contributed by atoms with Crippen LogP contribution in [0.1, 0.15) is 27.8 Å². The SMILES string of the molecule is OC12c3ccccc3C1(c1ccc(Cl)cc1)c1ccc(Cl)cc12. The molecule has 3 heteroatoms. The molecule has 3 aromatic rings. The van der Waals surface area contributed by atoms with E-state index in [0.717, 1.165) is 27.8 Å². The van der Waals surface area contributed by atoms with Gasteiger partial charge in [0, 0.05) is 10.0 Å². The number of hydrogen-bond donors (Lipinski definition) is 1. The number of rotatable bonds is 1. The van der Waals surface area contributed by atoms with Crippen molar-refractivity contribution in [2.45, 2.75) is 11.0 Å². The van der Waals surface area contributed by atoms with Gasteiger partial charge in [-0.25, -0.2) is 0 Å². The molecule has 5 rings (SSSR count). The topological polar surface area (TPSA) is 20.2 Å². The summed E-state index contributed by atoms with van der Waals surface area (Å²) in [5, 5.41) is 12.9. The molecule has 0 heterocycles. The van der Waals surface area contributed by atoms with Crippen LogP contribution < -0.4 is 0 Å². The fourth-order valence-electron chi connectivity index (χ4n) is 4.45. The summed E-state index contributed by atoms with van der Waals surface area (Å²) in [5.41, 5.74) is 3.65. The molecule has 2 atom stereocenters. The summed E-state index contributed by atoms with van der Waals surface area (Å²) in [4.78, 5) is 0. The summed E-state index contributed by atoms with van der Waals surface area (Å²) in [6.45, 7) is 0. The van der Waals surface area contributed by atoms with Crippen LogP contribution in [-0.2, 0) is 11.0 Å². The lowest BCUT2D eigenvalue weighted by molar-refractivity contribution is -0.0343. The Bertz CT molecular complexity index is 964. The van der Waals surface area contributed by atoms with Gasteiger partial charge in [-0.1, -0.05) is 65.7 Å². The highest BCUT2D eigenvalue weighted by molar-refractivity contribution is 6.31. The second kappa shape index (κ2) is 4.18. The van der Waals surface area contributed by atoms with Crippen molar-refractivity contribution in [3.05, 3.63) is 105 Å². The fourth-order valence-corrected chi connectivity index (χ4v) is 4.75. The van der Waals surface area contributed by atoms with E-state index >= 15 is 0 Å². The van der Waals surface area contributed by atoms with Crippen molar-refractivity contribution in [1.29, 1.82) is 0 Å². The predicted octanol–water partition coefficient (Wildman–Crippen LogP) is 4.89. The van der Waals surface area contributed by atoms with Crippen LogP contribution >= 0.6 is 23.2 Å². The maximum Gasteiger partial charge on any atom is 0.133 e. The molecule has 112 valence electrons. The Labute approximate surface area is 144 Å². The predicted molar refractivity (Wildman–Crippen MR) is 92.2 cm³/mol. The Hall–Kier alpha value is -1.80. The largest absolute Gasteiger partial charge is 0.379 e. The molecular weight excluding hydrogens is 327 g/mol. The number of fused-ring (bicyclic) bond motifs is 7. The summed E-state index contributed by atoms with van der Waals surface area (Å²) < 4.78 is 0. The molecule has 0 fully saturated rings. The second-order valence-electron chi connectivity index (χ2n) is 6.20. The van der Waals surface area contributed by atoms with Crippen molar-refractivity contribution in [1.82, 2.24) is 0 Å². The summed E-state index contributed by atoms with van der Waals surface area (Å²) >= 11 is 12.2. The average Bonchev–Trinajstić information content (AvgIpc) is 2.57. The van der Waals surface area contributed by atoms with Gasteiger partial charge in [0.2, 0.25) is 0 Å². The van der Waals surface area contributed by atoms with Crippen LogP contribution in [0, 0.1) is 0 Å². The molecule has 2 aliphatic carbocycles. The van der Waals surface area contributed by atoms with E-state index in [1.807, 2.05) is 60.7 Å². The van der Waals surface area contributed by atoms with Crippen LogP contribution in [0.3, 0.4) is 0 Å². The third-order valence-corrected chi connectivity index (χ3v) is 5.80. The minimum absolute atomic E-state index is 0.520. The molecule has 0 saturated heterocycles. The van der Waals surface area contributed by atoms with Crippen molar-refractivity contribution >= 4 is 23.2 Å². The number of benzene rings is 3. The van der Waals surface area contributed by atoms with Gasteiger partial charge in [-0.2, -0.15) is 0 Å². The molecule has 0 aliphatic heterocycles. The highest BCUT2D eigenvalue weighted by Crippen LogP contribution is 2.72. The van der Waals surface area contributed by atoms with Gasteiger partial charge in [-0.15, -0.1) is 0 Å². The van der Waals surface area contributed by atoms with Crippen LogP contribution in [0.15, 0.2) is 66.7 Å². The van der Waals surface area contributed by atoms with Gasteiger partial charge in [0.25, 0.3) is 0 Å². The zero-order valence-electron chi connectivity index (χ0n) is 12.1. The number of aliphatic hydroxyl groups is 1. The van der Waals surface area contributed by atoms with Crippen LogP contribution in [-0.4, -0.2) is 5.11 Å². The summed E-state index contributed by atoms with van der Waals surface area (Å²) in [5.74, 6) is 0. The Kier molecular flexibility index (Phi) is 2.48. The van der Waals surface area contributed by atoms with Gasteiger partial charge >= 0.3 is 0 Å². The monoisotopic (exact) mass is 338 g/mol. The molecule has 1 N–H and O–H groups in total. The van der Waals surface area contributed by atoms with E-state index in [0.29, 0.717) is 10.0 Å². The normalized spacial score (nSPS) is 26.4. The van der Waals surface area contributed by atoms with Crippen LogP contribution in [0.2, 0.25) is 10.0 Å². The van der Waals surface area contributed by atoms with E-state index < -0.39 is 11.0 Å². The quantitative estimate of drug-likeness (QED) is 0.669. The highest BCUT2D eigenvalue weighted by atomic mass is 35.5. The van der Waals surface area contributed by atoms with E-state index in [-0.39, 0.29) is 0 Å². The van der Waals surface area contributed by atoms with Gasteiger partial charge in [0.1, 0.15) is 5.60 Å². The standard InChI is InChI=1S/C20H12Cl2O/c21-13-7-5-12(6-8-13)19-15-3-1-2-4-17(15)20(19,23)18-11-14(22)9-10-16(18)19/h1-11,23H. The highest BCUT2D eigenvalue weighted by Gasteiger charge is 2.73. The van der Waals surface area contributed by atoms with Crippen molar-refractivity contribution in [2.24, 2.45) is 0 Å². The van der Waals surface area contributed by atoms with Crippen LogP contribution in [0.25, 0.3) is 0 Å². The summed E-state index contributed by atoms with van der Waals surface area (Å²) in [6.07, 6.45) is 0. The Morgan fingerprint density at radius 2 is 1.26 bits per heavy atom. The minimum atomic E-state index is -1.02. The molecular formula is C20H12Cl2O. The molecule has 23 heavy (non-hydrogen) atoms. The molecule has 0 saturated carbocycles. The van der Waals surface area contributed by atoms with Crippen molar-refractivity contribution in [2.75, 3.05) is 0 Å². The van der Waals surface area contributed by atoms with Gasteiger partial charge in [-0.3, -0.25) is 0 Å². The maximum absolute atomic E-state index is 11.6. The molecule has 0 bridgehead atoms. The minimum Gasteiger partial charge on any atom is -0.379 e. The van der Waals surface area contributed by atoms with E-state index in [1.54, 1.807) is 0 Å². The molecule has 0 aromatic heterocycles. The van der Waals surface area contributed by atoms with E-state index in [9.17, 15) is 5.11 Å². The number of halogens is 2. The van der Waals surface area contributed by atoms with E-state index in [2.05, 4.69) is 6.07 Å². The third-order valence-electron chi connectivity index (χ3n) is 5.32. The smallest absolute Gasteiger partial charge is 0.133 e. The van der Waals surface area contributed by atoms with Gasteiger partial charge in [-0.05, 0) is 52.1 Å². The lowest BCUT2D eigenvalue weighted by Gasteiger charge is -2.66. The molecule has 2 aliphatic rings. The average molecular weight is 339 g/mol. The first kappa shape index (κ1) is 13.6. The maximum atomic E-state index is 11.6.